The lowest BCUT2D eigenvalue weighted by atomic mass is 10.2. The molecule has 0 spiro atoms. The second-order valence-electron chi connectivity index (χ2n) is 6.32. The lowest BCUT2D eigenvalue weighted by molar-refractivity contribution is -0.145. The Balaban J connectivity index is 1.57. The van der Waals surface area contributed by atoms with Crippen LogP contribution in [-0.2, 0) is 16.1 Å². The van der Waals surface area contributed by atoms with Crippen molar-refractivity contribution in [2.45, 2.75) is 12.6 Å². The molecular formula is C18H23N5O3. The van der Waals surface area contributed by atoms with Gasteiger partial charge in [-0.2, -0.15) is 5.10 Å². The van der Waals surface area contributed by atoms with Crippen LogP contribution in [0.2, 0.25) is 0 Å². The van der Waals surface area contributed by atoms with Gasteiger partial charge in [0.15, 0.2) is 6.10 Å². The standard InChI is InChI=1S/C18H23N5O3/c1-21(2)17(24)16-13-22(9-10-26-16)18(25)19-12-14-5-3-6-15(11-14)23-8-4-7-20-23/h3-8,11,16H,9-10,12-13H2,1-2H3,(H,19,25)/t16-/m1/s1. The third kappa shape index (κ3) is 4.20. The number of morpholine rings is 1. The highest BCUT2D eigenvalue weighted by Gasteiger charge is 2.30. The van der Waals surface area contributed by atoms with Crippen molar-refractivity contribution < 1.29 is 14.3 Å². The number of amides is 3. The zero-order valence-corrected chi connectivity index (χ0v) is 15.0. The molecule has 1 atom stereocenters. The molecule has 1 aromatic heterocycles. The predicted molar refractivity (Wildman–Crippen MR) is 95.8 cm³/mol. The Morgan fingerprint density at radius 1 is 1.35 bits per heavy atom. The van der Waals surface area contributed by atoms with E-state index in [1.54, 1.807) is 29.9 Å². The van der Waals surface area contributed by atoms with Crippen LogP contribution in [0.25, 0.3) is 5.69 Å². The number of carbonyl (C=O) groups excluding carboxylic acids is 2. The summed E-state index contributed by atoms with van der Waals surface area (Å²) < 4.78 is 7.25. The van der Waals surface area contributed by atoms with Gasteiger partial charge in [0.25, 0.3) is 5.91 Å². The first-order valence-corrected chi connectivity index (χ1v) is 8.49. The van der Waals surface area contributed by atoms with Gasteiger partial charge < -0.3 is 19.9 Å². The van der Waals surface area contributed by atoms with E-state index in [0.29, 0.717) is 19.7 Å². The van der Waals surface area contributed by atoms with Gasteiger partial charge in [-0.25, -0.2) is 9.48 Å². The molecule has 0 unspecified atom stereocenters. The number of carbonyl (C=O) groups is 2. The van der Waals surface area contributed by atoms with Gasteiger partial charge in [-0.1, -0.05) is 12.1 Å². The summed E-state index contributed by atoms with van der Waals surface area (Å²) in [6, 6.07) is 9.47. The number of hydrogen-bond acceptors (Lipinski definition) is 4. The average molecular weight is 357 g/mol. The SMILES string of the molecule is CN(C)C(=O)[C@H]1CN(C(=O)NCc2cccc(-n3cccn3)c2)CCO1. The van der Waals surface area contributed by atoms with E-state index in [0.717, 1.165) is 11.3 Å². The molecule has 0 aliphatic carbocycles. The lowest BCUT2D eigenvalue weighted by Gasteiger charge is -2.33. The molecule has 0 radical (unpaired) electrons. The maximum Gasteiger partial charge on any atom is 0.317 e. The maximum absolute atomic E-state index is 12.4. The Morgan fingerprint density at radius 2 is 2.19 bits per heavy atom. The third-order valence-corrected chi connectivity index (χ3v) is 4.19. The van der Waals surface area contributed by atoms with E-state index in [-0.39, 0.29) is 18.5 Å². The molecule has 1 fully saturated rings. The first-order valence-electron chi connectivity index (χ1n) is 8.49. The minimum absolute atomic E-state index is 0.130. The molecule has 1 saturated heterocycles. The van der Waals surface area contributed by atoms with Gasteiger partial charge in [0.1, 0.15) is 0 Å². The number of nitrogens with zero attached hydrogens (tertiary/aromatic N) is 4. The van der Waals surface area contributed by atoms with E-state index in [2.05, 4.69) is 10.4 Å². The van der Waals surface area contributed by atoms with Crippen LogP contribution in [0.3, 0.4) is 0 Å². The normalized spacial score (nSPS) is 17.0. The summed E-state index contributed by atoms with van der Waals surface area (Å²) in [7, 11) is 3.36. The number of urea groups is 1. The van der Waals surface area contributed by atoms with Crippen LogP contribution in [0.5, 0.6) is 0 Å². The maximum atomic E-state index is 12.4. The number of benzene rings is 1. The Morgan fingerprint density at radius 3 is 2.92 bits per heavy atom. The number of likely N-dealkylation sites (N-methyl/N-ethyl adjacent to an activating group) is 1. The van der Waals surface area contributed by atoms with Crippen molar-refractivity contribution in [2.75, 3.05) is 33.8 Å². The van der Waals surface area contributed by atoms with Crippen molar-refractivity contribution in [2.24, 2.45) is 0 Å². The highest BCUT2D eigenvalue weighted by molar-refractivity contribution is 5.82. The molecule has 1 aromatic carbocycles. The monoisotopic (exact) mass is 357 g/mol. The Hall–Kier alpha value is -2.87. The fourth-order valence-corrected chi connectivity index (χ4v) is 2.79. The zero-order chi connectivity index (χ0) is 18.5. The van der Waals surface area contributed by atoms with Crippen molar-refractivity contribution in [1.29, 1.82) is 0 Å². The summed E-state index contributed by atoms with van der Waals surface area (Å²) in [5.74, 6) is -0.130. The number of ether oxygens (including phenoxy) is 1. The zero-order valence-electron chi connectivity index (χ0n) is 15.0. The second-order valence-corrected chi connectivity index (χ2v) is 6.32. The van der Waals surface area contributed by atoms with Gasteiger partial charge in [0.05, 0.1) is 18.8 Å². The third-order valence-electron chi connectivity index (χ3n) is 4.19. The van der Waals surface area contributed by atoms with E-state index in [4.69, 9.17) is 4.74 Å². The Labute approximate surface area is 152 Å². The molecule has 1 aliphatic heterocycles. The van der Waals surface area contributed by atoms with Crippen LogP contribution in [0.15, 0.2) is 42.7 Å². The molecule has 138 valence electrons. The molecule has 3 amide bonds. The summed E-state index contributed by atoms with van der Waals surface area (Å²) >= 11 is 0. The summed E-state index contributed by atoms with van der Waals surface area (Å²) in [5, 5.41) is 7.11. The van der Waals surface area contributed by atoms with Gasteiger partial charge in [0, 0.05) is 39.6 Å². The van der Waals surface area contributed by atoms with Crippen molar-refractivity contribution in [1.82, 2.24) is 24.9 Å². The van der Waals surface area contributed by atoms with Crippen LogP contribution < -0.4 is 5.32 Å². The van der Waals surface area contributed by atoms with Crippen molar-refractivity contribution in [3.8, 4) is 5.69 Å². The van der Waals surface area contributed by atoms with E-state index >= 15 is 0 Å². The molecule has 8 heteroatoms. The molecule has 1 N–H and O–H groups in total. The average Bonchev–Trinajstić information content (AvgIpc) is 3.20. The van der Waals surface area contributed by atoms with E-state index in [1.165, 1.54) is 4.90 Å². The molecule has 2 aromatic rings. The highest BCUT2D eigenvalue weighted by Crippen LogP contribution is 2.11. The van der Waals surface area contributed by atoms with E-state index in [1.807, 2.05) is 36.5 Å². The molecule has 2 heterocycles. The van der Waals surface area contributed by atoms with Gasteiger partial charge in [-0.3, -0.25) is 4.79 Å². The number of aromatic nitrogens is 2. The fourth-order valence-electron chi connectivity index (χ4n) is 2.79. The van der Waals surface area contributed by atoms with Crippen LogP contribution in [0.1, 0.15) is 5.56 Å². The summed E-state index contributed by atoms with van der Waals surface area (Å²) in [4.78, 5) is 27.6. The topological polar surface area (TPSA) is 79.7 Å². The summed E-state index contributed by atoms with van der Waals surface area (Å²) in [6.07, 6.45) is 2.98. The van der Waals surface area contributed by atoms with Crippen LogP contribution in [-0.4, -0.2) is 71.4 Å². The van der Waals surface area contributed by atoms with Crippen molar-refractivity contribution in [3.63, 3.8) is 0 Å². The molecule has 8 nitrogen and oxygen atoms in total. The number of rotatable bonds is 4. The molecule has 26 heavy (non-hydrogen) atoms. The molecule has 0 bridgehead atoms. The first-order chi connectivity index (χ1) is 12.5. The first kappa shape index (κ1) is 17.9. The van der Waals surface area contributed by atoms with Crippen molar-refractivity contribution >= 4 is 11.9 Å². The lowest BCUT2D eigenvalue weighted by Crippen LogP contribution is -2.53. The van der Waals surface area contributed by atoms with E-state index in [9.17, 15) is 9.59 Å². The molecule has 0 saturated carbocycles. The molecule has 3 rings (SSSR count). The molecular weight excluding hydrogens is 334 g/mol. The van der Waals surface area contributed by atoms with Crippen molar-refractivity contribution in [3.05, 3.63) is 48.3 Å². The predicted octanol–water partition coefficient (Wildman–Crippen LogP) is 0.871. The van der Waals surface area contributed by atoms with Gasteiger partial charge in [0.2, 0.25) is 0 Å². The van der Waals surface area contributed by atoms with Gasteiger partial charge in [-0.05, 0) is 23.8 Å². The van der Waals surface area contributed by atoms with Crippen LogP contribution in [0, 0.1) is 0 Å². The smallest absolute Gasteiger partial charge is 0.317 e. The van der Waals surface area contributed by atoms with Crippen LogP contribution >= 0.6 is 0 Å². The van der Waals surface area contributed by atoms with E-state index < -0.39 is 6.10 Å². The summed E-state index contributed by atoms with van der Waals surface area (Å²) in [6.45, 7) is 1.48. The minimum Gasteiger partial charge on any atom is -0.365 e. The number of hydrogen-bond donors (Lipinski definition) is 1. The Kier molecular flexibility index (Phi) is 5.52. The quantitative estimate of drug-likeness (QED) is 0.881. The second kappa shape index (κ2) is 8.01. The Bertz CT molecular complexity index is 760. The van der Waals surface area contributed by atoms with Gasteiger partial charge in [-0.15, -0.1) is 0 Å². The minimum atomic E-state index is -0.604. The molecule has 1 aliphatic rings. The van der Waals surface area contributed by atoms with Crippen LogP contribution in [0.4, 0.5) is 4.79 Å². The highest BCUT2D eigenvalue weighted by atomic mass is 16.5. The summed E-state index contributed by atoms with van der Waals surface area (Å²) in [5.41, 5.74) is 1.91. The number of nitrogens with one attached hydrogen (secondary N) is 1. The fraction of sp³-hybridized carbons (Fsp3) is 0.389. The largest absolute Gasteiger partial charge is 0.365 e. The van der Waals surface area contributed by atoms with Gasteiger partial charge >= 0.3 is 6.03 Å².